The second kappa shape index (κ2) is 3.59. The summed E-state index contributed by atoms with van der Waals surface area (Å²) >= 11 is 0. The van der Waals surface area contributed by atoms with E-state index in [1.165, 1.54) is 11.1 Å². The highest BCUT2D eigenvalue weighted by atomic mass is 16.3. The van der Waals surface area contributed by atoms with Crippen molar-refractivity contribution in [3.05, 3.63) is 35.4 Å². The van der Waals surface area contributed by atoms with Crippen molar-refractivity contribution in [1.82, 2.24) is 0 Å². The van der Waals surface area contributed by atoms with Gasteiger partial charge in [-0.3, -0.25) is 0 Å². The minimum absolute atomic E-state index is 0.0164. The van der Waals surface area contributed by atoms with Crippen LogP contribution in [-0.4, -0.2) is 11.7 Å². The third kappa shape index (κ3) is 1.58. The summed E-state index contributed by atoms with van der Waals surface area (Å²) in [6, 6.07) is 8.79. The SMILES string of the molecule is CC(C)c1ccc(C2(CO)CC2(C)C)cc1. The number of benzene rings is 1. The summed E-state index contributed by atoms with van der Waals surface area (Å²) in [5.74, 6) is 0.575. The molecule has 0 heterocycles. The lowest BCUT2D eigenvalue weighted by atomic mass is 9.87. The second-order valence-corrected chi connectivity index (χ2v) is 6.08. The molecule has 0 amide bonds. The van der Waals surface area contributed by atoms with Crippen molar-refractivity contribution in [2.24, 2.45) is 5.41 Å². The molecule has 0 aromatic heterocycles. The van der Waals surface area contributed by atoms with Crippen LogP contribution < -0.4 is 0 Å². The van der Waals surface area contributed by atoms with Gasteiger partial charge in [0.25, 0.3) is 0 Å². The average Bonchev–Trinajstić information content (AvgIpc) is 2.82. The van der Waals surface area contributed by atoms with Crippen LogP contribution in [0.4, 0.5) is 0 Å². The molecule has 1 aliphatic carbocycles. The van der Waals surface area contributed by atoms with Crippen LogP contribution in [0.2, 0.25) is 0 Å². The van der Waals surface area contributed by atoms with Crippen molar-refractivity contribution in [1.29, 1.82) is 0 Å². The Morgan fingerprint density at radius 3 is 2.00 bits per heavy atom. The van der Waals surface area contributed by atoms with E-state index in [-0.39, 0.29) is 17.4 Å². The van der Waals surface area contributed by atoms with Crippen molar-refractivity contribution in [2.45, 2.75) is 45.4 Å². The van der Waals surface area contributed by atoms with Gasteiger partial charge in [0, 0.05) is 5.41 Å². The zero-order valence-electron chi connectivity index (χ0n) is 10.7. The molecule has 0 saturated heterocycles. The summed E-state index contributed by atoms with van der Waals surface area (Å²) in [6.45, 7) is 9.15. The Kier molecular flexibility index (Phi) is 2.62. The van der Waals surface area contributed by atoms with Gasteiger partial charge in [-0.1, -0.05) is 52.0 Å². The molecule has 1 N–H and O–H groups in total. The molecule has 0 spiro atoms. The topological polar surface area (TPSA) is 20.2 Å². The highest BCUT2D eigenvalue weighted by Crippen LogP contribution is 2.63. The fraction of sp³-hybridized carbons (Fsp3) is 0.600. The van der Waals surface area contributed by atoms with E-state index >= 15 is 0 Å². The first-order valence-corrected chi connectivity index (χ1v) is 6.14. The van der Waals surface area contributed by atoms with Crippen LogP contribution in [0.15, 0.2) is 24.3 Å². The highest BCUT2D eigenvalue weighted by Gasteiger charge is 2.61. The summed E-state index contributed by atoms with van der Waals surface area (Å²) in [5.41, 5.74) is 2.93. The maximum atomic E-state index is 9.62. The standard InChI is InChI=1S/C15H22O/c1-11(2)12-5-7-13(8-6-12)15(10-16)9-14(15,3)4/h5-8,11,16H,9-10H2,1-4H3. The predicted octanol–water partition coefficient (Wildman–Crippen LogP) is 3.47. The first-order valence-electron chi connectivity index (χ1n) is 6.14. The number of hydrogen-bond acceptors (Lipinski definition) is 1. The number of hydrogen-bond donors (Lipinski definition) is 1. The monoisotopic (exact) mass is 218 g/mol. The van der Waals surface area contributed by atoms with Crippen LogP contribution in [0, 0.1) is 5.41 Å². The quantitative estimate of drug-likeness (QED) is 0.823. The maximum absolute atomic E-state index is 9.62. The predicted molar refractivity (Wildman–Crippen MR) is 67.7 cm³/mol. The Morgan fingerprint density at radius 1 is 1.19 bits per heavy atom. The fourth-order valence-electron chi connectivity index (χ4n) is 2.75. The van der Waals surface area contributed by atoms with Crippen LogP contribution in [-0.2, 0) is 5.41 Å². The third-order valence-electron chi connectivity index (χ3n) is 4.31. The number of rotatable bonds is 3. The van der Waals surface area contributed by atoms with Crippen molar-refractivity contribution < 1.29 is 5.11 Å². The van der Waals surface area contributed by atoms with Gasteiger partial charge in [-0.25, -0.2) is 0 Å². The van der Waals surface area contributed by atoms with Gasteiger partial charge in [0.15, 0.2) is 0 Å². The Labute approximate surface area is 98.5 Å². The minimum atomic E-state index is 0.0164. The molecule has 2 rings (SSSR count). The smallest absolute Gasteiger partial charge is 0.0533 e. The van der Waals surface area contributed by atoms with Gasteiger partial charge in [-0.15, -0.1) is 0 Å². The van der Waals surface area contributed by atoms with Gasteiger partial charge in [0.1, 0.15) is 0 Å². The van der Waals surface area contributed by atoms with Crippen molar-refractivity contribution >= 4 is 0 Å². The lowest BCUT2D eigenvalue weighted by Crippen LogP contribution is -2.19. The first kappa shape index (κ1) is 11.7. The van der Waals surface area contributed by atoms with E-state index in [4.69, 9.17) is 0 Å². The van der Waals surface area contributed by atoms with E-state index in [2.05, 4.69) is 52.0 Å². The largest absolute Gasteiger partial charge is 0.395 e. The molecule has 0 radical (unpaired) electrons. The summed E-state index contributed by atoms with van der Waals surface area (Å²) < 4.78 is 0. The molecule has 1 saturated carbocycles. The van der Waals surface area contributed by atoms with E-state index in [0.717, 1.165) is 6.42 Å². The molecule has 16 heavy (non-hydrogen) atoms. The second-order valence-electron chi connectivity index (χ2n) is 6.08. The Bertz CT molecular complexity index is 375. The zero-order chi connectivity index (χ0) is 12.0. The summed E-state index contributed by atoms with van der Waals surface area (Å²) in [7, 11) is 0. The molecule has 1 fully saturated rings. The molecule has 1 heteroatoms. The molecule has 1 unspecified atom stereocenters. The summed E-state index contributed by atoms with van der Waals surface area (Å²) in [4.78, 5) is 0. The third-order valence-corrected chi connectivity index (χ3v) is 4.31. The van der Waals surface area contributed by atoms with E-state index in [0.29, 0.717) is 5.92 Å². The van der Waals surface area contributed by atoms with Crippen molar-refractivity contribution in [2.75, 3.05) is 6.61 Å². The van der Waals surface area contributed by atoms with Gasteiger partial charge >= 0.3 is 0 Å². The van der Waals surface area contributed by atoms with Crippen LogP contribution in [0.1, 0.15) is 51.2 Å². The van der Waals surface area contributed by atoms with Crippen LogP contribution in [0.25, 0.3) is 0 Å². The van der Waals surface area contributed by atoms with E-state index in [9.17, 15) is 5.11 Å². The zero-order valence-corrected chi connectivity index (χ0v) is 10.7. The summed E-state index contributed by atoms with van der Waals surface area (Å²) in [5, 5.41) is 9.62. The van der Waals surface area contributed by atoms with E-state index < -0.39 is 0 Å². The van der Waals surface area contributed by atoms with Crippen LogP contribution in [0.3, 0.4) is 0 Å². The van der Waals surface area contributed by atoms with Gasteiger partial charge < -0.3 is 5.11 Å². The molecule has 1 aromatic carbocycles. The molecular formula is C15H22O. The maximum Gasteiger partial charge on any atom is 0.0533 e. The molecule has 1 aromatic rings. The minimum Gasteiger partial charge on any atom is -0.395 e. The molecule has 0 aliphatic heterocycles. The molecular weight excluding hydrogens is 196 g/mol. The average molecular weight is 218 g/mol. The molecule has 88 valence electrons. The molecule has 0 bridgehead atoms. The Morgan fingerprint density at radius 2 is 1.69 bits per heavy atom. The Hall–Kier alpha value is -0.820. The van der Waals surface area contributed by atoms with E-state index in [1.54, 1.807) is 0 Å². The highest BCUT2D eigenvalue weighted by molar-refractivity contribution is 5.39. The molecule has 1 atom stereocenters. The van der Waals surface area contributed by atoms with Gasteiger partial charge in [-0.05, 0) is 28.9 Å². The lowest BCUT2D eigenvalue weighted by Gasteiger charge is -2.19. The summed E-state index contributed by atoms with van der Waals surface area (Å²) in [6.07, 6.45) is 1.09. The fourth-order valence-corrected chi connectivity index (χ4v) is 2.75. The number of aliphatic hydroxyl groups is 1. The lowest BCUT2D eigenvalue weighted by molar-refractivity contribution is 0.231. The van der Waals surface area contributed by atoms with Gasteiger partial charge in [0.05, 0.1) is 6.61 Å². The molecule has 1 aliphatic rings. The van der Waals surface area contributed by atoms with Crippen LogP contribution >= 0.6 is 0 Å². The van der Waals surface area contributed by atoms with Crippen LogP contribution in [0.5, 0.6) is 0 Å². The van der Waals surface area contributed by atoms with Gasteiger partial charge in [-0.2, -0.15) is 0 Å². The first-order chi connectivity index (χ1) is 7.43. The number of aliphatic hydroxyl groups excluding tert-OH is 1. The Balaban J connectivity index is 2.29. The van der Waals surface area contributed by atoms with Crippen molar-refractivity contribution in [3.63, 3.8) is 0 Å². The molecule has 1 nitrogen and oxygen atoms in total. The van der Waals surface area contributed by atoms with Crippen molar-refractivity contribution in [3.8, 4) is 0 Å². The van der Waals surface area contributed by atoms with E-state index in [1.807, 2.05) is 0 Å². The normalized spacial score (nSPS) is 27.1. The van der Waals surface area contributed by atoms with Gasteiger partial charge in [0.2, 0.25) is 0 Å².